The van der Waals surface area contributed by atoms with E-state index >= 15 is 0 Å². The predicted octanol–water partition coefficient (Wildman–Crippen LogP) is 5.35. The molecule has 1 heterocycles. The van der Waals surface area contributed by atoms with E-state index in [4.69, 9.17) is 27.9 Å². The van der Waals surface area contributed by atoms with E-state index in [-0.39, 0.29) is 5.69 Å². The summed E-state index contributed by atoms with van der Waals surface area (Å²) in [5, 5.41) is 5.63. The van der Waals surface area contributed by atoms with Crippen molar-refractivity contribution in [2.75, 3.05) is 12.5 Å². The van der Waals surface area contributed by atoms with Crippen LogP contribution in [0.1, 0.15) is 16.1 Å². The average molecular weight is 406 g/mol. The fraction of sp³-hybridized carbons (Fsp3) is 0.0556. The number of rotatable bonds is 5. The lowest BCUT2D eigenvalue weighted by Gasteiger charge is -1.99. The highest BCUT2D eigenvalue weighted by molar-refractivity contribution is 7.19. The zero-order valence-corrected chi connectivity index (χ0v) is 15.9. The number of nitrogens with one attached hydrogen (secondary N) is 1. The third-order valence-electron chi connectivity index (χ3n) is 3.37. The van der Waals surface area contributed by atoms with Crippen LogP contribution in [0.4, 0.5) is 5.13 Å². The number of nitrogens with zero attached hydrogens (tertiary/aromatic N) is 2. The third kappa shape index (κ3) is 4.22. The first-order valence-electron chi connectivity index (χ1n) is 7.47. The summed E-state index contributed by atoms with van der Waals surface area (Å²) in [6.45, 7) is 0. The Hall–Kier alpha value is -2.41. The zero-order chi connectivity index (χ0) is 18.5. The summed E-state index contributed by atoms with van der Waals surface area (Å²) >= 11 is 13.3. The molecular formula is C18H13Cl2N3O2S. The van der Waals surface area contributed by atoms with Crippen LogP contribution in [0.2, 0.25) is 10.0 Å². The molecule has 8 heteroatoms. The predicted molar refractivity (Wildman–Crippen MR) is 107 cm³/mol. The van der Waals surface area contributed by atoms with Crippen molar-refractivity contribution >= 4 is 51.9 Å². The first kappa shape index (κ1) is 18.4. The highest BCUT2D eigenvalue weighted by atomic mass is 35.5. The van der Waals surface area contributed by atoms with Gasteiger partial charge in [0, 0.05) is 10.6 Å². The molecule has 0 aliphatic carbocycles. The molecule has 1 N–H and O–H groups in total. The van der Waals surface area contributed by atoms with E-state index in [0.717, 1.165) is 5.56 Å². The van der Waals surface area contributed by atoms with E-state index in [9.17, 15) is 4.79 Å². The Bertz CT molecular complexity index is 958. The van der Waals surface area contributed by atoms with Crippen LogP contribution in [0.25, 0.3) is 10.4 Å². The largest absolute Gasteiger partial charge is 0.464 e. The van der Waals surface area contributed by atoms with Gasteiger partial charge in [0.1, 0.15) is 0 Å². The van der Waals surface area contributed by atoms with Crippen molar-refractivity contribution in [1.29, 1.82) is 0 Å². The molecule has 0 fully saturated rings. The SMILES string of the molecule is COC(=O)c1nc(NN=Cc2ccc(Cl)cc2Cl)sc1-c1ccccc1. The van der Waals surface area contributed by atoms with Gasteiger partial charge in [-0.15, -0.1) is 0 Å². The molecule has 0 radical (unpaired) electrons. The van der Waals surface area contributed by atoms with Crippen molar-refractivity contribution in [1.82, 2.24) is 4.98 Å². The summed E-state index contributed by atoms with van der Waals surface area (Å²) in [5.41, 5.74) is 4.65. The van der Waals surface area contributed by atoms with Gasteiger partial charge < -0.3 is 4.74 Å². The molecule has 1 aromatic heterocycles. The molecule has 0 aliphatic rings. The van der Waals surface area contributed by atoms with Gasteiger partial charge in [-0.3, -0.25) is 5.43 Å². The molecule has 3 rings (SSSR count). The number of benzene rings is 2. The fourth-order valence-corrected chi connectivity index (χ4v) is 3.52. The molecule has 0 saturated heterocycles. The summed E-state index contributed by atoms with van der Waals surface area (Å²) in [7, 11) is 1.32. The number of thiazole rings is 1. The lowest BCUT2D eigenvalue weighted by Crippen LogP contribution is -2.03. The fourth-order valence-electron chi connectivity index (χ4n) is 2.15. The smallest absolute Gasteiger partial charge is 0.358 e. The maximum Gasteiger partial charge on any atom is 0.358 e. The molecule has 0 amide bonds. The van der Waals surface area contributed by atoms with Crippen LogP contribution >= 0.6 is 34.5 Å². The highest BCUT2D eigenvalue weighted by Crippen LogP contribution is 2.33. The van der Waals surface area contributed by atoms with Crippen LogP contribution < -0.4 is 5.43 Å². The van der Waals surface area contributed by atoms with Crippen LogP contribution in [-0.4, -0.2) is 24.3 Å². The number of hydrazone groups is 1. The number of methoxy groups -OCH3 is 1. The topological polar surface area (TPSA) is 63.6 Å². The van der Waals surface area contributed by atoms with Gasteiger partial charge in [0.05, 0.1) is 23.2 Å². The minimum Gasteiger partial charge on any atom is -0.464 e. The van der Waals surface area contributed by atoms with Crippen molar-refractivity contribution in [3.05, 3.63) is 69.8 Å². The van der Waals surface area contributed by atoms with Gasteiger partial charge in [0.25, 0.3) is 0 Å². The van der Waals surface area contributed by atoms with Gasteiger partial charge in [-0.05, 0) is 17.7 Å². The Balaban J connectivity index is 1.85. The number of hydrogen-bond donors (Lipinski definition) is 1. The number of ether oxygens (including phenoxy) is 1. The van der Waals surface area contributed by atoms with Crippen LogP contribution in [0.3, 0.4) is 0 Å². The van der Waals surface area contributed by atoms with Gasteiger partial charge in [-0.2, -0.15) is 5.10 Å². The second-order valence-electron chi connectivity index (χ2n) is 5.09. The Kier molecular flexibility index (Phi) is 5.88. The van der Waals surface area contributed by atoms with Crippen LogP contribution in [-0.2, 0) is 4.74 Å². The summed E-state index contributed by atoms with van der Waals surface area (Å²) in [5.74, 6) is -0.502. The third-order valence-corrected chi connectivity index (χ3v) is 4.94. The maximum absolute atomic E-state index is 12.0. The normalized spacial score (nSPS) is 10.9. The number of carbonyl (C=O) groups is 1. The van der Waals surface area contributed by atoms with Crippen molar-refractivity contribution in [2.45, 2.75) is 0 Å². The molecule has 132 valence electrons. The van der Waals surface area contributed by atoms with Gasteiger partial charge in [0.15, 0.2) is 5.69 Å². The van der Waals surface area contributed by atoms with Crippen LogP contribution in [0, 0.1) is 0 Å². The Morgan fingerprint density at radius 2 is 2.00 bits per heavy atom. The molecule has 26 heavy (non-hydrogen) atoms. The first-order valence-corrected chi connectivity index (χ1v) is 9.04. The number of hydrogen-bond acceptors (Lipinski definition) is 6. The van der Waals surface area contributed by atoms with Gasteiger partial charge in [-0.1, -0.05) is 70.9 Å². The lowest BCUT2D eigenvalue weighted by atomic mass is 10.1. The average Bonchev–Trinajstić information content (AvgIpc) is 3.08. The van der Waals surface area contributed by atoms with Gasteiger partial charge in [0.2, 0.25) is 5.13 Å². The molecular weight excluding hydrogens is 393 g/mol. The summed E-state index contributed by atoms with van der Waals surface area (Å²) in [6, 6.07) is 14.6. The van der Waals surface area contributed by atoms with Gasteiger partial charge >= 0.3 is 5.97 Å². The Labute approximate surface area is 164 Å². The monoisotopic (exact) mass is 405 g/mol. The summed E-state index contributed by atoms with van der Waals surface area (Å²) in [6.07, 6.45) is 1.56. The molecule has 0 atom stereocenters. The molecule has 2 aromatic carbocycles. The minimum absolute atomic E-state index is 0.242. The quantitative estimate of drug-likeness (QED) is 0.353. The summed E-state index contributed by atoms with van der Waals surface area (Å²) in [4.78, 5) is 17.0. The molecule has 0 spiro atoms. The molecule has 3 aromatic rings. The standard InChI is InChI=1S/C18H13Cl2N3O2S/c1-25-17(24)15-16(11-5-3-2-4-6-11)26-18(22-15)23-21-10-12-7-8-13(19)9-14(12)20/h2-10H,1H3,(H,22,23). The Morgan fingerprint density at radius 1 is 1.23 bits per heavy atom. The van der Waals surface area contributed by atoms with Crippen molar-refractivity contribution in [3.63, 3.8) is 0 Å². The van der Waals surface area contributed by atoms with Crippen molar-refractivity contribution in [3.8, 4) is 10.4 Å². The van der Waals surface area contributed by atoms with E-state index in [1.165, 1.54) is 18.4 Å². The number of esters is 1. The maximum atomic E-state index is 12.0. The molecule has 0 bridgehead atoms. The molecule has 5 nitrogen and oxygen atoms in total. The molecule has 0 aliphatic heterocycles. The van der Waals surface area contributed by atoms with Crippen molar-refractivity contribution < 1.29 is 9.53 Å². The number of anilines is 1. The second-order valence-corrected chi connectivity index (χ2v) is 6.93. The van der Waals surface area contributed by atoms with E-state index in [1.54, 1.807) is 24.4 Å². The van der Waals surface area contributed by atoms with Crippen LogP contribution in [0.15, 0.2) is 53.6 Å². The zero-order valence-electron chi connectivity index (χ0n) is 13.6. The number of carbonyl (C=O) groups excluding carboxylic acids is 1. The van der Waals surface area contributed by atoms with Crippen molar-refractivity contribution in [2.24, 2.45) is 5.10 Å². The molecule has 0 saturated carbocycles. The Morgan fingerprint density at radius 3 is 2.69 bits per heavy atom. The second kappa shape index (κ2) is 8.31. The summed E-state index contributed by atoms with van der Waals surface area (Å²) < 4.78 is 4.82. The number of aromatic nitrogens is 1. The van der Waals surface area contributed by atoms with E-state index in [2.05, 4.69) is 15.5 Å². The minimum atomic E-state index is -0.502. The van der Waals surface area contributed by atoms with E-state index < -0.39 is 5.97 Å². The molecule has 0 unspecified atom stereocenters. The number of halogens is 2. The van der Waals surface area contributed by atoms with Crippen LogP contribution in [0.5, 0.6) is 0 Å². The lowest BCUT2D eigenvalue weighted by molar-refractivity contribution is 0.0596. The van der Waals surface area contributed by atoms with E-state index in [0.29, 0.717) is 25.6 Å². The first-order chi connectivity index (χ1) is 12.6. The van der Waals surface area contributed by atoms with Gasteiger partial charge in [-0.25, -0.2) is 9.78 Å². The highest BCUT2D eigenvalue weighted by Gasteiger charge is 2.20. The van der Waals surface area contributed by atoms with E-state index in [1.807, 2.05) is 30.3 Å².